The van der Waals surface area contributed by atoms with Crippen molar-refractivity contribution < 1.29 is 22.3 Å². The first kappa shape index (κ1) is 20.6. The van der Waals surface area contributed by atoms with Crippen molar-refractivity contribution in [3.8, 4) is 5.75 Å². The Labute approximate surface area is 168 Å². The third-order valence-electron chi connectivity index (χ3n) is 4.47. The monoisotopic (exact) mass is 426 g/mol. The van der Waals surface area contributed by atoms with Gasteiger partial charge < -0.3 is 9.64 Å². The molecule has 0 bridgehead atoms. The molecule has 28 heavy (non-hydrogen) atoms. The van der Waals surface area contributed by atoms with Crippen LogP contribution in [0.15, 0.2) is 53.4 Å². The van der Waals surface area contributed by atoms with Gasteiger partial charge in [-0.25, -0.2) is 17.5 Å². The molecule has 1 amide bonds. The summed E-state index contributed by atoms with van der Waals surface area (Å²) in [7, 11) is -3.58. The molecular weight excluding hydrogens is 407 g/mol. The van der Waals surface area contributed by atoms with Gasteiger partial charge in [-0.1, -0.05) is 29.8 Å². The van der Waals surface area contributed by atoms with Crippen LogP contribution in [-0.4, -0.2) is 45.0 Å². The number of likely N-dealkylation sites (tertiary alicyclic amines) is 1. The molecule has 2 aromatic carbocycles. The van der Waals surface area contributed by atoms with Crippen molar-refractivity contribution >= 4 is 27.5 Å². The topological polar surface area (TPSA) is 75.7 Å². The molecule has 1 saturated heterocycles. The highest BCUT2D eigenvalue weighted by Gasteiger charge is 2.26. The molecule has 1 fully saturated rings. The lowest BCUT2D eigenvalue weighted by atomic mass is 10.1. The Morgan fingerprint density at radius 3 is 2.50 bits per heavy atom. The van der Waals surface area contributed by atoms with Gasteiger partial charge in [0.2, 0.25) is 10.0 Å². The maximum absolute atomic E-state index is 13.0. The van der Waals surface area contributed by atoms with Gasteiger partial charge in [0.1, 0.15) is 11.6 Å². The fraction of sp³-hybridized carbons (Fsp3) is 0.316. The van der Waals surface area contributed by atoms with Gasteiger partial charge in [-0.05, 0) is 43.2 Å². The number of amides is 1. The fourth-order valence-corrected chi connectivity index (χ4v) is 4.50. The SMILES string of the molecule is O=C(COc1ccc(F)cc1Cl)N1CCC(NS(=O)(=O)c2ccccc2)CC1. The van der Waals surface area contributed by atoms with Gasteiger partial charge in [0, 0.05) is 19.1 Å². The van der Waals surface area contributed by atoms with E-state index in [9.17, 15) is 17.6 Å². The van der Waals surface area contributed by atoms with Crippen LogP contribution >= 0.6 is 11.6 Å². The summed E-state index contributed by atoms with van der Waals surface area (Å²) >= 11 is 5.87. The zero-order chi connectivity index (χ0) is 20.1. The molecule has 3 rings (SSSR count). The summed E-state index contributed by atoms with van der Waals surface area (Å²) in [5.41, 5.74) is 0. The van der Waals surface area contributed by atoms with E-state index in [0.717, 1.165) is 6.07 Å². The van der Waals surface area contributed by atoms with Crippen LogP contribution < -0.4 is 9.46 Å². The quantitative estimate of drug-likeness (QED) is 0.770. The molecule has 0 aliphatic carbocycles. The standard InChI is InChI=1S/C19H20ClFN2O4S/c20-17-12-14(21)6-7-18(17)27-13-19(24)23-10-8-15(9-11-23)22-28(25,26)16-4-2-1-3-5-16/h1-7,12,15,22H,8-11,13H2. The number of nitrogens with zero attached hydrogens (tertiary/aromatic N) is 1. The Balaban J connectivity index is 1.49. The second kappa shape index (κ2) is 8.89. The van der Waals surface area contributed by atoms with Crippen molar-refractivity contribution in [3.05, 3.63) is 59.4 Å². The predicted octanol–water partition coefficient (Wildman–Crippen LogP) is 2.83. The number of ether oxygens (including phenoxy) is 1. The van der Waals surface area contributed by atoms with E-state index in [1.807, 2.05) is 0 Å². The van der Waals surface area contributed by atoms with E-state index in [0.29, 0.717) is 25.9 Å². The van der Waals surface area contributed by atoms with Crippen LogP contribution in [0.3, 0.4) is 0 Å². The van der Waals surface area contributed by atoms with E-state index >= 15 is 0 Å². The van der Waals surface area contributed by atoms with E-state index in [-0.39, 0.29) is 34.2 Å². The molecule has 150 valence electrons. The van der Waals surface area contributed by atoms with Crippen LogP contribution in [0.4, 0.5) is 4.39 Å². The summed E-state index contributed by atoms with van der Waals surface area (Å²) in [6, 6.07) is 11.6. The van der Waals surface area contributed by atoms with Crippen molar-refractivity contribution in [2.45, 2.75) is 23.8 Å². The molecule has 9 heteroatoms. The van der Waals surface area contributed by atoms with Crippen LogP contribution in [0.2, 0.25) is 5.02 Å². The van der Waals surface area contributed by atoms with E-state index in [1.54, 1.807) is 35.2 Å². The Morgan fingerprint density at radius 1 is 1.18 bits per heavy atom. The van der Waals surface area contributed by atoms with Crippen molar-refractivity contribution in [2.75, 3.05) is 19.7 Å². The molecule has 0 saturated carbocycles. The molecule has 1 aliphatic heterocycles. The van der Waals surface area contributed by atoms with Crippen molar-refractivity contribution in [2.24, 2.45) is 0 Å². The summed E-state index contributed by atoms with van der Waals surface area (Å²) in [6.45, 7) is 0.619. The van der Waals surface area contributed by atoms with Gasteiger partial charge in [-0.15, -0.1) is 0 Å². The number of carbonyl (C=O) groups excluding carboxylic acids is 1. The minimum absolute atomic E-state index is 0.0989. The van der Waals surface area contributed by atoms with Crippen molar-refractivity contribution in [1.82, 2.24) is 9.62 Å². The first-order valence-electron chi connectivity index (χ1n) is 8.78. The van der Waals surface area contributed by atoms with Gasteiger partial charge in [0.15, 0.2) is 6.61 Å². The number of sulfonamides is 1. The van der Waals surface area contributed by atoms with Crippen LogP contribution in [0.5, 0.6) is 5.75 Å². The summed E-state index contributed by atoms with van der Waals surface area (Å²) < 4.78 is 45.9. The average molecular weight is 427 g/mol. The molecule has 0 unspecified atom stereocenters. The van der Waals surface area contributed by atoms with Crippen molar-refractivity contribution in [3.63, 3.8) is 0 Å². The molecule has 0 radical (unpaired) electrons. The number of benzene rings is 2. The molecule has 0 atom stereocenters. The van der Waals surface area contributed by atoms with Gasteiger partial charge in [0.25, 0.3) is 5.91 Å². The molecule has 1 aliphatic rings. The Kier molecular flexibility index (Phi) is 6.53. The predicted molar refractivity (Wildman–Crippen MR) is 103 cm³/mol. The van der Waals surface area contributed by atoms with Crippen molar-refractivity contribution in [1.29, 1.82) is 0 Å². The normalized spacial score (nSPS) is 15.4. The van der Waals surface area contributed by atoms with E-state index in [2.05, 4.69) is 4.72 Å². The molecule has 1 heterocycles. The van der Waals surface area contributed by atoms with E-state index in [1.165, 1.54) is 12.1 Å². The Hall–Kier alpha value is -2.16. The Morgan fingerprint density at radius 2 is 1.86 bits per heavy atom. The molecule has 6 nitrogen and oxygen atoms in total. The summed E-state index contributed by atoms with van der Waals surface area (Å²) in [5.74, 6) is -0.476. The molecule has 0 aromatic heterocycles. The van der Waals surface area contributed by atoms with Crippen LogP contribution in [0, 0.1) is 5.82 Å². The highest BCUT2D eigenvalue weighted by molar-refractivity contribution is 7.89. The summed E-state index contributed by atoms with van der Waals surface area (Å²) in [5, 5.41) is 0.0989. The molecule has 0 spiro atoms. The van der Waals surface area contributed by atoms with Gasteiger partial charge >= 0.3 is 0 Å². The number of rotatable bonds is 6. The van der Waals surface area contributed by atoms with E-state index in [4.69, 9.17) is 16.3 Å². The highest BCUT2D eigenvalue weighted by atomic mass is 35.5. The van der Waals surface area contributed by atoms with Crippen LogP contribution in [0.1, 0.15) is 12.8 Å². The van der Waals surface area contributed by atoms with Crippen LogP contribution in [-0.2, 0) is 14.8 Å². The highest BCUT2D eigenvalue weighted by Crippen LogP contribution is 2.25. The minimum Gasteiger partial charge on any atom is -0.482 e. The number of hydrogen-bond donors (Lipinski definition) is 1. The van der Waals surface area contributed by atoms with Gasteiger partial charge in [0.05, 0.1) is 9.92 Å². The fourth-order valence-electron chi connectivity index (χ4n) is 2.96. The number of halogens is 2. The molecule has 1 N–H and O–H groups in total. The first-order chi connectivity index (χ1) is 13.3. The third kappa shape index (κ3) is 5.21. The number of hydrogen-bond acceptors (Lipinski definition) is 4. The zero-order valence-electron chi connectivity index (χ0n) is 15.0. The maximum atomic E-state index is 13.0. The smallest absolute Gasteiger partial charge is 0.260 e. The first-order valence-corrected chi connectivity index (χ1v) is 10.6. The van der Waals surface area contributed by atoms with Gasteiger partial charge in [-0.3, -0.25) is 4.79 Å². The maximum Gasteiger partial charge on any atom is 0.260 e. The minimum atomic E-state index is -3.58. The summed E-state index contributed by atoms with van der Waals surface area (Å²) in [4.78, 5) is 14.1. The second-order valence-corrected chi connectivity index (χ2v) is 8.57. The van der Waals surface area contributed by atoms with E-state index < -0.39 is 15.8 Å². The molecular formula is C19H20ClFN2O4S. The zero-order valence-corrected chi connectivity index (χ0v) is 16.5. The Bertz CT molecular complexity index is 932. The molecule has 2 aromatic rings. The lowest BCUT2D eigenvalue weighted by molar-refractivity contribution is -0.134. The number of carbonyl (C=O) groups is 1. The number of piperidine rings is 1. The average Bonchev–Trinajstić information content (AvgIpc) is 2.68. The second-order valence-electron chi connectivity index (χ2n) is 6.45. The summed E-state index contributed by atoms with van der Waals surface area (Å²) in [6.07, 6.45) is 1.02. The van der Waals surface area contributed by atoms with Gasteiger partial charge in [-0.2, -0.15) is 0 Å². The lowest BCUT2D eigenvalue weighted by Gasteiger charge is -2.32. The number of nitrogens with one attached hydrogen (secondary N) is 1. The van der Waals surface area contributed by atoms with Crippen LogP contribution in [0.25, 0.3) is 0 Å². The third-order valence-corrected chi connectivity index (χ3v) is 6.30. The lowest BCUT2D eigenvalue weighted by Crippen LogP contribution is -2.47. The largest absolute Gasteiger partial charge is 0.482 e.